The number of nitrogens with one attached hydrogen (secondary N) is 1. The summed E-state index contributed by atoms with van der Waals surface area (Å²) >= 11 is 0. The summed E-state index contributed by atoms with van der Waals surface area (Å²) in [5.74, 6) is 0.179. The highest BCUT2D eigenvalue weighted by atomic mass is 19.1. The van der Waals surface area contributed by atoms with Crippen molar-refractivity contribution >= 4 is 5.82 Å². The number of hydrogen-bond acceptors (Lipinski definition) is 4. The van der Waals surface area contributed by atoms with Crippen LogP contribution in [0.5, 0.6) is 0 Å². The minimum absolute atomic E-state index is 0.242. The van der Waals surface area contributed by atoms with Gasteiger partial charge in [0.05, 0.1) is 6.10 Å². The van der Waals surface area contributed by atoms with E-state index in [9.17, 15) is 9.50 Å². The second kappa shape index (κ2) is 5.21. The van der Waals surface area contributed by atoms with Gasteiger partial charge in [0.2, 0.25) is 5.95 Å². The third-order valence-electron chi connectivity index (χ3n) is 3.05. The third kappa shape index (κ3) is 2.88. The van der Waals surface area contributed by atoms with Crippen molar-refractivity contribution in [3.05, 3.63) is 18.3 Å². The lowest BCUT2D eigenvalue weighted by atomic mass is 9.86. The molecule has 1 heterocycles. The van der Waals surface area contributed by atoms with Crippen molar-refractivity contribution in [1.82, 2.24) is 9.97 Å². The van der Waals surface area contributed by atoms with Crippen molar-refractivity contribution < 1.29 is 9.50 Å². The molecule has 0 spiro atoms. The van der Waals surface area contributed by atoms with Crippen LogP contribution in [0.4, 0.5) is 10.2 Å². The second-order valence-corrected chi connectivity index (χ2v) is 4.22. The summed E-state index contributed by atoms with van der Waals surface area (Å²) in [4.78, 5) is 7.29. The molecule has 0 amide bonds. The van der Waals surface area contributed by atoms with Crippen molar-refractivity contribution in [3.8, 4) is 0 Å². The summed E-state index contributed by atoms with van der Waals surface area (Å²) in [5.41, 5.74) is 0. The number of halogens is 1. The van der Waals surface area contributed by atoms with Gasteiger partial charge < -0.3 is 10.4 Å². The molecule has 0 aromatic carbocycles. The summed E-state index contributed by atoms with van der Waals surface area (Å²) in [6.07, 6.45) is 5.08. The number of hydrogen-bond donors (Lipinski definition) is 2. The standard InChI is InChI=1S/C11H16FN3O/c12-10-5-11(15-7-14-10)13-6-8-3-1-2-4-9(8)16/h5,7-9,16H,1-4,6H2,(H,13,14,15). The second-order valence-electron chi connectivity index (χ2n) is 4.22. The predicted molar refractivity (Wildman–Crippen MR) is 58.4 cm³/mol. The molecule has 2 atom stereocenters. The first-order chi connectivity index (χ1) is 7.75. The molecular formula is C11H16FN3O. The van der Waals surface area contributed by atoms with Crippen LogP contribution in [0, 0.1) is 11.9 Å². The Kier molecular flexibility index (Phi) is 3.66. The molecule has 88 valence electrons. The van der Waals surface area contributed by atoms with Gasteiger partial charge in [0.1, 0.15) is 12.1 Å². The van der Waals surface area contributed by atoms with E-state index in [-0.39, 0.29) is 12.0 Å². The normalized spacial score (nSPS) is 25.4. The number of rotatable bonds is 3. The van der Waals surface area contributed by atoms with E-state index >= 15 is 0 Å². The van der Waals surface area contributed by atoms with E-state index in [0.29, 0.717) is 12.4 Å². The fourth-order valence-corrected chi connectivity index (χ4v) is 2.09. The highest BCUT2D eigenvalue weighted by molar-refractivity contribution is 5.32. The SMILES string of the molecule is OC1CCCCC1CNc1cc(F)ncn1. The van der Waals surface area contributed by atoms with Crippen LogP contribution in [0.15, 0.2) is 12.4 Å². The molecule has 5 heteroatoms. The molecule has 0 radical (unpaired) electrons. The Morgan fingerprint density at radius 3 is 2.94 bits per heavy atom. The van der Waals surface area contributed by atoms with Crippen molar-refractivity contribution in [1.29, 1.82) is 0 Å². The fraction of sp³-hybridized carbons (Fsp3) is 0.636. The van der Waals surface area contributed by atoms with E-state index in [1.54, 1.807) is 0 Å². The van der Waals surface area contributed by atoms with Crippen molar-refractivity contribution in [2.45, 2.75) is 31.8 Å². The van der Waals surface area contributed by atoms with Gasteiger partial charge in [-0.2, -0.15) is 4.39 Å². The molecule has 2 unspecified atom stereocenters. The maximum absolute atomic E-state index is 12.8. The molecule has 2 N–H and O–H groups in total. The summed E-state index contributed by atoms with van der Waals surface area (Å²) < 4.78 is 12.8. The Bertz CT molecular complexity index is 348. The molecule has 0 aliphatic heterocycles. The Morgan fingerprint density at radius 1 is 1.38 bits per heavy atom. The van der Waals surface area contributed by atoms with Crippen molar-refractivity contribution in [3.63, 3.8) is 0 Å². The number of nitrogens with zero attached hydrogens (tertiary/aromatic N) is 2. The topological polar surface area (TPSA) is 58.0 Å². The Hall–Kier alpha value is -1.23. The minimum Gasteiger partial charge on any atom is -0.393 e. The van der Waals surface area contributed by atoms with Gasteiger partial charge in [-0.3, -0.25) is 0 Å². The van der Waals surface area contributed by atoms with E-state index in [1.165, 1.54) is 12.4 Å². The molecule has 0 saturated heterocycles. The quantitative estimate of drug-likeness (QED) is 0.767. The third-order valence-corrected chi connectivity index (χ3v) is 3.05. The van der Waals surface area contributed by atoms with E-state index in [4.69, 9.17) is 0 Å². The molecule has 1 aliphatic carbocycles. The van der Waals surface area contributed by atoms with Crippen LogP contribution in [-0.4, -0.2) is 27.7 Å². The molecule has 4 nitrogen and oxygen atoms in total. The number of aliphatic hydroxyl groups is 1. The highest BCUT2D eigenvalue weighted by Gasteiger charge is 2.22. The average Bonchev–Trinajstić information content (AvgIpc) is 2.28. The maximum atomic E-state index is 12.8. The van der Waals surface area contributed by atoms with Gasteiger partial charge >= 0.3 is 0 Å². The van der Waals surface area contributed by atoms with E-state index in [0.717, 1.165) is 25.7 Å². The monoisotopic (exact) mass is 225 g/mol. The Labute approximate surface area is 93.9 Å². The smallest absolute Gasteiger partial charge is 0.217 e. The Balaban J connectivity index is 1.86. The Morgan fingerprint density at radius 2 is 2.19 bits per heavy atom. The largest absolute Gasteiger partial charge is 0.393 e. The van der Waals surface area contributed by atoms with E-state index < -0.39 is 5.95 Å². The van der Waals surface area contributed by atoms with Gasteiger partial charge in [0.25, 0.3) is 0 Å². The fourth-order valence-electron chi connectivity index (χ4n) is 2.09. The van der Waals surface area contributed by atoms with E-state index in [2.05, 4.69) is 15.3 Å². The zero-order chi connectivity index (χ0) is 11.4. The number of aliphatic hydroxyl groups excluding tert-OH is 1. The van der Waals surface area contributed by atoms with Gasteiger partial charge in [-0.15, -0.1) is 0 Å². The molecule has 0 bridgehead atoms. The van der Waals surface area contributed by atoms with Crippen LogP contribution in [0.2, 0.25) is 0 Å². The van der Waals surface area contributed by atoms with Crippen LogP contribution >= 0.6 is 0 Å². The number of anilines is 1. The van der Waals surface area contributed by atoms with Gasteiger partial charge in [0, 0.05) is 18.5 Å². The first-order valence-corrected chi connectivity index (χ1v) is 5.65. The van der Waals surface area contributed by atoms with Crippen LogP contribution in [-0.2, 0) is 0 Å². The summed E-state index contributed by atoms with van der Waals surface area (Å²) in [6.45, 7) is 0.637. The zero-order valence-corrected chi connectivity index (χ0v) is 9.06. The van der Waals surface area contributed by atoms with Gasteiger partial charge in [0.15, 0.2) is 0 Å². The summed E-state index contributed by atoms with van der Waals surface area (Å²) in [6, 6.07) is 1.26. The molecule has 1 aromatic heterocycles. The lowest BCUT2D eigenvalue weighted by Crippen LogP contribution is -2.30. The van der Waals surface area contributed by atoms with Crippen molar-refractivity contribution in [2.24, 2.45) is 5.92 Å². The van der Waals surface area contributed by atoms with Gasteiger partial charge in [-0.25, -0.2) is 9.97 Å². The van der Waals surface area contributed by atoms with Crippen molar-refractivity contribution in [2.75, 3.05) is 11.9 Å². The highest BCUT2D eigenvalue weighted by Crippen LogP contribution is 2.24. The van der Waals surface area contributed by atoms with E-state index in [1.807, 2.05) is 0 Å². The lowest BCUT2D eigenvalue weighted by molar-refractivity contribution is 0.0763. The molecule has 2 rings (SSSR count). The van der Waals surface area contributed by atoms with Crippen LogP contribution in [0.25, 0.3) is 0 Å². The van der Waals surface area contributed by atoms with Crippen LogP contribution < -0.4 is 5.32 Å². The van der Waals surface area contributed by atoms with Crippen LogP contribution in [0.1, 0.15) is 25.7 Å². The molecular weight excluding hydrogens is 209 g/mol. The average molecular weight is 225 g/mol. The molecule has 1 fully saturated rings. The predicted octanol–water partition coefficient (Wildman–Crippen LogP) is 1.58. The zero-order valence-electron chi connectivity index (χ0n) is 9.06. The first kappa shape index (κ1) is 11.3. The van der Waals surface area contributed by atoms with Gasteiger partial charge in [-0.1, -0.05) is 12.8 Å². The minimum atomic E-state index is -0.540. The lowest BCUT2D eigenvalue weighted by Gasteiger charge is -2.27. The number of aromatic nitrogens is 2. The maximum Gasteiger partial charge on any atom is 0.217 e. The molecule has 16 heavy (non-hydrogen) atoms. The molecule has 1 aliphatic rings. The first-order valence-electron chi connectivity index (χ1n) is 5.65. The molecule has 1 aromatic rings. The van der Waals surface area contributed by atoms with Gasteiger partial charge in [-0.05, 0) is 12.8 Å². The van der Waals surface area contributed by atoms with Crippen LogP contribution in [0.3, 0.4) is 0 Å². The summed E-state index contributed by atoms with van der Waals surface area (Å²) in [7, 11) is 0. The molecule has 1 saturated carbocycles. The summed E-state index contributed by atoms with van der Waals surface area (Å²) in [5, 5.41) is 12.8.